The van der Waals surface area contributed by atoms with Crippen LogP contribution in [0.3, 0.4) is 0 Å². The Kier molecular flexibility index (Phi) is 3.50. The smallest absolute Gasteiger partial charge is 0.251 e. The minimum atomic E-state index is -0.154. The van der Waals surface area contributed by atoms with Crippen molar-refractivity contribution in [3.63, 3.8) is 0 Å². The van der Waals surface area contributed by atoms with E-state index in [9.17, 15) is 4.79 Å². The second-order valence-electron chi connectivity index (χ2n) is 5.14. The van der Waals surface area contributed by atoms with Crippen LogP contribution < -0.4 is 5.32 Å². The second-order valence-corrected chi connectivity index (χ2v) is 5.14. The maximum Gasteiger partial charge on any atom is 0.251 e. The van der Waals surface area contributed by atoms with E-state index in [1.165, 1.54) is 0 Å². The van der Waals surface area contributed by atoms with Crippen molar-refractivity contribution in [2.45, 2.75) is 44.2 Å². The zero-order valence-electron chi connectivity index (χ0n) is 10.3. The van der Waals surface area contributed by atoms with Crippen molar-refractivity contribution in [2.24, 2.45) is 0 Å². The SMILES string of the molecule is CNC1(C)CCN(C(=O)[C@@H]2CCCO2)CC1. The van der Waals surface area contributed by atoms with Gasteiger partial charge in [-0.15, -0.1) is 0 Å². The Labute approximate surface area is 97.3 Å². The van der Waals surface area contributed by atoms with Gasteiger partial charge in [0.15, 0.2) is 0 Å². The summed E-state index contributed by atoms with van der Waals surface area (Å²) in [7, 11) is 2.00. The summed E-state index contributed by atoms with van der Waals surface area (Å²) >= 11 is 0. The molecule has 16 heavy (non-hydrogen) atoms. The minimum absolute atomic E-state index is 0.154. The van der Waals surface area contributed by atoms with Crippen LogP contribution in [0, 0.1) is 0 Å². The molecule has 0 bridgehead atoms. The predicted octanol–water partition coefficient (Wildman–Crippen LogP) is 0.766. The third kappa shape index (κ3) is 2.38. The van der Waals surface area contributed by atoms with Crippen LogP contribution in [0.1, 0.15) is 32.6 Å². The molecule has 1 atom stereocenters. The number of ether oxygens (including phenoxy) is 1. The Morgan fingerprint density at radius 2 is 2.12 bits per heavy atom. The van der Waals surface area contributed by atoms with Gasteiger partial charge in [0.2, 0.25) is 0 Å². The quantitative estimate of drug-likeness (QED) is 0.756. The molecular formula is C12H22N2O2. The van der Waals surface area contributed by atoms with Gasteiger partial charge in [0.05, 0.1) is 0 Å². The number of likely N-dealkylation sites (tertiary alicyclic amines) is 1. The third-order valence-electron chi connectivity index (χ3n) is 3.99. The fourth-order valence-corrected chi connectivity index (χ4v) is 2.45. The number of rotatable bonds is 2. The minimum Gasteiger partial charge on any atom is -0.368 e. The molecule has 4 nitrogen and oxygen atoms in total. The van der Waals surface area contributed by atoms with Gasteiger partial charge in [-0.05, 0) is 39.7 Å². The molecule has 2 saturated heterocycles. The predicted molar refractivity (Wildman–Crippen MR) is 62.3 cm³/mol. The average molecular weight is 226 g/mol. The first-order valence-corrected chi connectivity index (χ1v) is 6.24. The number of carbonyl (C=O) groups excluding carboxylic acids is 1. The Bertz CT molecular complexity index is 254. The summed E-state index contributed by atoms with van der Waals surface area (Å²) in [5, 5.41) is 3.34. The van der Waals surface area contributed by atoms with Crippen molar-refractivity contribution in [1.29, 1.82) is 0 Å². The highest BCUT2D eigenvalue weighted by molar-refractivity contribution is 5.81. The first-order valence-electron chi connectivity index (χ1n) is 6.24. The fraction of sp³-hybridized carbons (Fsp3) is 0.917. The Hall–Kier alpha value is -0.610. The van der Waals surface area contributed by atoms with Crippen LogP contribution in [0.2, 0.25) is 0 Å². The summed E-state index contributed by atoms with van der Waals surface area (Å²) in [4.78, 5) is 14.0. The maximum absolute atomic E-state index is 12.1. The number of hydrogen-bond donors (Lipinski definition) is 1. The highest BCUT2D eigenvalue weighted by Gasteiger charge is 2.34. The Balaban J connectivity index is 1.86. The molecule has 0 aromatic rings. The van der Waals surface area contributed by atoms with E-state index in [1.807, 2.05) is 11.9 Å². The topological polar surface area (TPSA) is 41.6 Å². The number of nitrogens with zero attached hydrogens (tertiary/aromatic N) is 1. The Morgan fingerprint density at radius 3 is 2.62 bits per heavy atom. The molecule has 0 unspecified atom stereocenters. The van der Waals surface area contributed by atoms with E-state index in [1.54, 1.807) is 0 Å². The molecule has 0 spiro atoms. The number of nitrogens with one attached hydrogen (secondary N) is 1. The molecule has 92 valence electrons. The lowest BCUT2D eigenvalue weighted by Crippen LogP contribution is -2.53. The third-order valence-corrected chi connectivity index (χ3v) is 3.99. The van der Waals surface area contributed by atoms with Crippen molar-refractivity contribution in [2.75, 3.05) is 26.7 Å². The van der Waals surface area contributed by atoms with Gasteiger partial charge in [0.25, 0.3) is 5.91 Å². The van der Waals surface area contributed by atoms with Gasteiger partial charge in [-0.2, -0.15) is 0 Å². The summed E-state index contributed by atoms with van der Waals surface area (Å²) in [6.45, 7) is 4.69. The van der Waals surface area contributed by atoms with E-state index in [0.717, 1.165) is 45.4 Å². The van der Waals surface area contributed by atoms with Gasteiger partial charge in [-0.3, -0.25) is 4.79 Å². The van der Waals surface area contributed by atoms with Gasteiger partial charge in [-0.25, -0.2) is 0 Å². The van der Waals surface area contributed by atoms with Crippen molar-refractivity contribution in [3.05, 3.63) is 0 Å². The molecule has 1 amide bonds. The first-order chi connectivity index (χ1) is 7.64. The second kappa shape index (κ2) is 4.72. The van der Waals surface area contributed by atoms with Crippen LogP contribution in [0.25, 0.3) is 0 Å². The van der Waals surface area contributed by atoms with E-state index in [-0.39, 0.29) is 17.6 Å². The lowest BCUT2D eigenvalue weighted by Gasteiger charge is -2.39. The highest BCUT2D eigenvalue weighted by Crippen LogP contribution is 2.23. The van der Waals surface area contributed by atoms with E-state index in [2.05, 4.69) is 12.2 Å². The monoisotopic (exact) mass is 226 g/mol. The van der Waals surface area contributed by atoms with E-state index >= 15 is 0 Å². The van der Waals surface area contributed by atoms with Gasteiger partial charge < -0.3 is 15.0 Å². The molecule has 0 radical (unpaired) electrons. The van der Waals surface area contributed by atoms with Crippen molar-refractivity contribution >= 4 is 5.91 Å². The van der Waals surface area contributed by atoms with Crippen LogP contribution >= 0.6 is 0 Å². The molecule has 1 N–H and O–H groups in total. The summed E-state index contributed by atoms with van der Waals surface area (Å²) in [5.74, 6) is 0.204. The first kappa shape index (κ1) is 11.9. The molecular weight excluding hydrogens is 204 g/mol. The lowest BCUT2D eigenvalue weighted by molar-refractivity contribution is -0.142. The van der Waals surface area contributed by atoms with Crippen LogP contribution in [0.4, 0.5) is 0 Å². The molecule has 0 aromatic carbocycles. The molecule has 0 aliphatic carbocycles. The molecule has 2 heterocycles. The summed E-state index contributed by atoms with van der Waals surface area (Å²) in [5.41, 5.74) is 0.202. The largest absolute Gasteiger partial charge is 0.368 e. The van der Waals surface area contributed by atoms with Crippen molar-refractivity contribution < 1.29 is 9.53 Å². The molecule has 0 aromatic heterocycles. The highest BCUT2D eigenvalue weighted by atomic mass is 16.5. The normalized spacial score (nSPS) is 29.4. The zero-order valence-corrected chi connectivity index (χ0v) is 10.3. The van der Waals surface area contributed by atoms with Crippen molar-refractivity contribution in [3.8, 4) is 0 Å². The number of carbonyl (C=O) groups is 1. The molecule has 2 fully saturated rings. The molecule has 2 aliphatic rings. The van der Waals surface area contributed by atoms with E-state index in [0.29, 0.717) is 0 Å². The Morgan fingerprint density at radius 1 is 1.44 bits per heavy atom. The van der Waals surface area contributed by atoms with Crippen LogP contribution in [0.5, 0.6) is 0 Å². The van der Waals surface area contributed by atoms with Gasteiger partial charge in [0, 0.05) is 25.2 Å². The summed E-state index contributed by atoms with van der Waals surface area (Å²) in [6, 6.07) is 0. The lowest BCUT2D eigenvalue weighted by atomic mass is 9.89. The summed E-state index contributed by atoms with van der Waals surface area (Å²) < 4.78 is 5.44. The van der Waals surface area contributed by atoms with Crippen LogP contribution in [-0.2, 0) is 9.53 Å². The van der Waals surface area contributed by atoms with Crippen LogP contribution in [-0.4, -0.2) is 49.2 Å². The number of amides is 1. The number of hydrogen-bond acceptors (Lipinski definition) is 3. The number of piperidine rings is 1. The van der Waals surface area contributed by atoms with Gasteiger partial charge >= 0.3 is 0 Å². The summed E-state index contributed by atoms with van der Waals surface area (Å²) in [6.07, 6.45) is 3.83. The molecule has 2 rings (SSSR count). The van der Waals surface area contributed by atoms with Crippen molar-refractivity contribution in [1.82, 2.24) is 10.2 Å². The molecule has 4 heteroatoms. The van der Waals surface area contributed by atoms with Crippen LogP contribution in [0.15, 0.2) is 0 Å². The average Bonchev–Trinajstić information content (AvgIpc) is 2.83. The van der Waals surface area contributed by atoms with E-state index in [4.69, 9.17) is 4.74 Å². The van der Waals surface area contributed by atoms with Gasteiger partial charge in [-0.1, -0.05) is 0 Å². The fourth-order valence-electron chi connectivity index (χ4n) is 2.45. The van der Waals surface area contributed by atoms with E-state index < -0.39 is 0 Å². The van der Waals surface area contributed by atoms with Gasteiger partial charge in [0.1, 0.15) is 6.10 Å². The molecule has 0 saturated carbocycles. The maximum atomic E-state index is 12.1. The standard InChI is InChI=1S/C12H22N2O2/c1-12(13-2)5-7-14(8-6-12)11(15)10-4-3-9-16-10/h10,13H,3-9H2,1-2H3/t10-/m0/s1. The zero-order chi connectivity index (χ0) is 11.6. The molecule has 2 aliphatic heterocycles.